The average Bonchev–Trinajstić information content (AvgIpc) is 2.95. The Morgan fingerprint density at radius 1 is 1.08 bits per heavy atom. The molecule has 6 nitrogen and oxygen atoms in total. The standard InChI is InChI=1S/C15H11F3N4O2/c16-15(17,18)14(24)9-12(10-1-5-19-6-2-10)21-22(14)13(23)11-3-7-20-8-4-11/h1-8,24H,9H2. The van der Waals surface area contributed by atoms with Crippen LogP contribution in [0.2, 0.25) is 0 Å². The van der Waals surface area contributed by atoms with Crippen LogP contribution in [0.15, 0.2) is 54.2 Å². The molecule has 3 heterocycles. The first kappa shape index (κ1) is 16.1. The molecule has 1 unspecified atom stereocenters. The van der Waals surface area contributed by atoms with Crippen LogP contribution in [0.5, 0.6) is 0 Å². The number of hydrazone groups is 1. The van der Waals surface area contributed by atoms with E-state index in [1.165, 1.54) is 49.1 Å². The minimum Gasteiger partial charge on any atom is -0.362 e. The molecule has 0 aromatic carbocycles. The highest BCUT2D eigenvalue weighted by molar-refractivity contribution is 6.05. The molecule has 9 heteroatoms. The Bertz CT molecular complexity index is 780. The van der Waals surface area contributed by atoms with Crippen molar-refractivity contribution in [3.05, 3.63) is 60.2 Å². The fourth-order valence-electron chi connectivity index (χ4n) is 2.30. The lowest BCUT2D eigenvalue weighted by Gasteiger charge is -2.32. The Labute approximate surface area is 134 Å². The van der Waals surface area contributed by atoms with Crippen molar-refractivity contribution in [2.75, 3.05) is 0 Å². The summed E-state index contributed by atoms with van der Waals surface area (Å²) in [5.41, 5.74) is -3.18. The monoisotopic (exact) mass is 336 g/mol. The van der Waals surface area contributed by atoms with Crippen molar-refractivity contribution in [2.24, 2.45) is 5.10 Å². The number of hydrogen-bond acceptors (Lipinski definition) is 5. The second-order valence-corrected chi connectivity index (χ2v) is 5.13. The molecular weight excluding hydrogens is 325 g/mol. The highest BCUT2D eigenvalue weighted by Gasteiger charge is 2.63. The first-order valence-electron chi connectivity index (χ1n) is 6.84. The lowest BCUT2D eigenvalue weighted by molar-refractivity contribution is -0.297. The van der Waals surface area contributed by atoms with Crippen LogP contribution in [-0.2, 0) is 0 Å². The Kier molecular flexibility index (Phi) is 3.80. The molecule has 2 aromatic rings. The summed E-state index contributed by atoms with van der Waals surface area (Å²) in [4.78, 5) is 19.9. The van der Waals surface area contributed by atoms with Crippen LogP contribution in [0.1, 0.15) is 22.3 Å². The van der Waals surface area contributed by atoms with E-state index in [2.05, 4.69) is 15.1 Å². The molecule has 0 saturated carbocycles. The normalized spacial score (nSPS) is 20.8. The number of aliphatic hydroxyl groups is 1. The molecule has 1 atom stereocenters. The molecule has 0 saturated heterocycles. The second-order valence-electron chi connectivity index (χ2n) is 5.13. The Hall–Kier alpha value is -2.81. The van der Waals surface area contributed by atoms with Gasteiger partial charge in [-0.2, -0.15) is 23.3 Å². The van der Waals surface area contributed by atoms with Crippen LogP contribution in [0, 0.1) is 0 Å². The van der Waals surface area contributed by atoms with Gasteiger partial charge in [0.15, 0.2) is 0 Å². The summed E-state index contributed by atoms with van der Waals surface area (Å²) in [7, 11) is 0. The molecule has 24 heavy (non-hydrogen) atoms. The number of aromatic nitrogens is 2. The van der Waals surface area contributed by atoms with Gasteiger partial charge >= 0.3 is 6.18 Å². The van der Waals surface area contributed by atoms with Crippen LogP contribution in [-0.4, -0.2) is 43.6 Å². The number of nitrogens with zero attached hydrogens (tertiary/aromatic N) is 4. The van der Waals surface area contributed by atoms with Crippen LogP contribution >= 0.6 is 0 Å². The van der Waals surface area contributed by atoms with Gasteiger partial charge in [-0.25, -0.2) is 0 Å². The third-order valence-corrected chi connectivity index (χ3v) is 3.57. The lowest BCUT2D eigenvalue weighted by atomic mass is 10.0. The molecule has 0 bridgehead atoms. The van der Waals surface area contributed by atoms with E-state index in [0.29, 0.717) is 5.56 Å². The zero-order chi connectivity index (χ0) is 17.4. The van der Waals surface area contributed by atoms with E-state index in [9.17, 15) is 23.1 Å². The number of hydrogen-bond donors (Lipinski definition) is 1. The molecule has 0 aliphatic carbocycles. The number of amides is 1. The van der Waals surface area contributed by atoms with Crippen LogP contribution < -0.4 is 0 Å². The number of rotatable bonds is 2. The largest absolute Gasteiger partial charge is 0.438 e. The van der Waals surface area contributed by atoms with Gasteiger partial charge in [0.2, 0.25) is 0 Å². The van der Waals surface area contributed by atoms with Gasteiger partial charge < -0.3 is 5.11 Å². The lowest BCUT2D eigenvalue weighted by Crippen LogP contribution is -2.56. The quantitative estimate of drug-likeness (QED) is 0.909. The van der Waals surface area contributed by atoms with E-state index in [0.717, 1.165) is 0 Å². The van der Waals surface area contributed by atoms with E-state index >= 15 is 0 Å². The smallest absolute Gasteiger partial charge is 0.362 e. The Balaban J connectivity index is 2.05. The van der Waals surface area contributed by atoms with Crippen LogP contribution in [0.3, 0.4) is 0 Å². The predicted molar refractivity (Wildman–Crippen MR) is 76.8 cm³/mol. The van der Waals surface area contributed by atoms with Gasteiger partial charge in [0, 0.05) is 35.9 Å². The predicted octanol–water partition coefficient (Wildman–Crippen LogP) is 1.98. The van der Waals surface area contributed by atoms with Crippen LogP contribution in [0.4, 0.5) is 13.2 Å². The molecule has 0 fully saturated rings. The second kappa shape index (κ2) is 5.68. The number of carbonyl (C=O) groups is 1. The van der Waals surface area contributed by atoms with Crippen molar-refractivity contribution in [1.29, 1.82) is 0 Å². The summed E-state index contributed by atoms with van der Waals surface area (Å²) >= 11 is 0. The van der Waals surface area contributed by atoms with Gasteiger partial charge in [0.1, 0.15) is 0 Å². The van der Waals surface area contributed by atoms with E-state index in [1.54, 1.807) is 0 Å². The number of carbonyl (C=O) groups excluding carboxylic acids is 1. The molecule has 3 rings (SSSR count). The summed E-state index contributed by atoms with van der Waals surface area (Å²) < 4.78 is 40.3. The molecule has 0 radical (unpaired) electrons. The molecule has 1 aliphatic heterocycles. The number of pyridine rings is 2. The highest BCUT2D eigenvalue weighted by Crippen LogP contribution is 2.41. The fourth-order valence-corrected chi connectivity index (χ4v) is 2.30. The van der Waals surface area contributed by atoms with Crippen molar-refractivity contribution in [3.63, 3.8) is 0 Å². The number of halogens is 3. The minimum atomic E-state index is -5.08. The van der Waals surface area contributed by atoms with E-state index in [4.69, 9.17) is 0 Å². The van der Waals surface area contributed by atoms with Crippen LogP contribution in [0.25, 0.3) is 0 Å². The van der Waals surface area contributed by atoms with Crippen molar-refractivity contribution in [2.45, 2.75) is 18.3 Å². The SMILES string of the molecule is O=C(c1ccncc1)N1N=C(c2ccncc2)CC1(O)C(F)(F)F. The average molecular weight is 336 g/mol. The molecule has 124 valence electrons. The summed E-state index contributed by atoms with van der Waals surface area (Å²) in [6.45, 7) is 0. The van der Waals surface area contributed by atoms with E-state index < -0.39 is 24.2 Å². The number of alkyl halides is 3. The Morgan fingerprint density at radius 3 is 2.17 bits per heavy atom. The zero-order valence-electron chi connectivity index (χ0n) is 12.1. The van der Waals surface area contributed by atoms with Crippen molar-refractivity contribution in [3.8, 4) is 0 Å². The topological polar surface area (TPSA) is 78.7 Å². The molecule has 1 N–H and O–H groups in total. The van der Waals surface area contributed by atoms with Crippen molar-refractivity contribution < 1.29 is 23.1 Å². The molecular formula is C15H11F3N4O2. The first-order chi connectivity index (χ1) is 11.3. The van der Waals surface area contributed by atoms with Crippen molar-refractivity contribution >= 4 is 11.6 Å². The summed E-state index contributed by atoms with van der Waals surface area (Å²) in [5.74, 6) is -1.07. The molecule has 2 aromatic heterocycles. The van der Waals surface area contributed by atoms with Gasteiger partial charge in [-0.1, -0.05) is 0 Å². The van der Waals surface area contributed by atoms with Gasteiger partial charge in [-0.05, 0) is 24.3 Å². The third kappa shape index (κ3) is 2.62. The molecule has 1 aliphatic rings. The molecule has 0 spiro atoms. The maximum absolute atomic E-state index is 13.4. The maximum Gasteiger partial charge on any atom is 0.438 e. The van der Waals surface area contributed by atoms with Gasteiger partial charge in [-0.15, -0.1) is 0 Å². The fraction of sp³-hybridized carbons (Fsp3) is 0.200. The van der Waals surface area contributed by atoms with E-state index in [-0.39, 0.29) is 16.3 Å². The summed E-state index contributed by atoms with van der Waals surface area (Å²) in [6.07, 6.45) is -0.631. The maximum atomic E-state index is 13.4. The highest BCUT2D eigenvalue weighted by atomic mass is 19.4. The van der Waals surface area contributed by atoms with Crippen molar-refractivity contribution in [1.82, 2.24) is 15.0 Å². The van der Waals surface area contributed by atoms with Gasteiger partial charge in [-0.3, -0.25) is 14.8 Å². The Morgan fingerprint density at radius 2 is 1.62 bits per heavy atom. The minimum absolute atomic E-state index is 0.0559. The molecule has 1 amide bonds. The third-order valence-electron chi connectivity index (χ3n) is 3.57. The summed E-state index contributed by atoms with van der Waals surface area (Å²) in [6, 6.07) is 5.41. The zero-order valence-corrected chi connectivity index (χ0v) is 12.1. The van der Waals surface area contributed by atoms with Gasteiger partial charge in [0.25, 0.3) is 11.6 Å². The van der Waals surface area contributed by atoms with Gasteiger partial charge in [0.05, 0.1) is 12.1 Å². The summed E-state index contributed by atoms with van der Waals surface area (Å²) in [5, 5.41) is 14.0. The first-order valence-corrected chi connectivity index (χ1v) is 6.84. The van der Waals surface area contributed by atoms with E-state index in [1.807, 2.05) is 0 Å².